The first-order valence-corrected chi connectivity index (χ1v) is 16.9. The zero-order chi connectivity index (χ0) is 30.9. The van der Waals surface area contributed by atoms with Crippen LogP contribution in [0.3, 0.4) is 0 Å². The Morgan fingerprint density at radius 2 is 1.43 bits per heavy atom. The summed E-state index contributed by atoms with van der Waals surface area (Å²) in [5.74, 6) is -0.287. The number of carbonyl (C=O) groups excluding carboxylic acids is 3. The molecule has 2 amide bonds. The summed E-state index contributed by atoms with van der Waals surface area (Å²) in [6.45, 7) is 3.49. The first kappa shape index (κ1) is 31.4. The van der Waals surface area contributed by atoms with Crippen LogP contribution in [0, 0.1) is 5.92 Å². The second-order valence-corrected chi connectivity index (χ2v) is 13.4. The molecule has 5 rings (SSSR count). The Kier molecular flexibility index (Phi) is 10.4. The fourth-order valence-electron chi connectivity index (χ4n) is 6.01. The molecule has 232 valence electrons. The van der Waals surface area contributed by atoms with Gasteiger partial charge in [0.1, 0.15) is 0 Å². The van der Waals surface area contributed by atoms with Crippen molar-refractivity contribution in [2.24, 2.45) is 5.92 Å². The number of hydrogen-bond acceptors (Lipinski definition) is 6. The van der Waals surface area contributed by atoms with Gasteiger partial charge in [0.15, 0.2) is 5.78 Å². The van der Waals surface area contributed by atoms with Crippen molar-refractivity contribution in [2.45, 2.75) is 55.9 Å². The topological polar surface area (TPSA) is 125 Å². The highest BCUT2D eigenvalue weighted by Gasteiger charge is 2.24. The molecule has 0 radical (unpaired) electrons. The number of para-hydroxylation sites is 1. The van der Waals surface area contributed by atoms with Gasteiger partial charge >= 0.3 is 0 Å². The molecule has 44 heavy (non-hydrogen) atoms. The molecule has 2 aliphatic rings. The van der Waals surface area contributed by atoms with Gasteiger partial charge in [-0.2, -0.15) is 0 Å². The maximum Gasteiger partial charge on any atom is 0.261 e. The van der Waals surface area contributed by atoms with Gasteiger partial charge in [-0.1, -0.05) is 42.5 Å². The number of benzene rings is 3. The standard InChI is InChI=1S/C34H40N4O5S/c39-32(36-28-16-12-25(13-17-28)20-23-38-21-6-7-22-38)24-35-34(41)27-14-18-29(19-15-27)44(42,43)37-31-11-5-4-10-30(31)33(40)26-8-2-1-3-9-26/h1-5,8-11,14-15,18-19,25,28,37H,6-7,12-13,16-17,20-24H2,(H,35,41)(H,36,39). The molecule has 0 aromatic heterocycles. The molecule has 0 unspecified atom stereocenters. The maximum atomic E-state index is 13.1. The van der Waals surface area contributed by atoms with Crippen LogP contribution < -0.4 is 15.4 Å². The van der Waals surface area contributed by atoms with Gasteiger partial charge in [0.2, 0.25) is 5.91 Å². The van der Waals surface area contributed by atoms with Gasteiger partial charge in [0.25, 0.3) is 15.9 Å². The van der Waals surface area contributed by atoms with E-state index in [1.165, 1.54) is 69.2 Å². The number of amides is 2. The van der Waals surface area contributed by atoms with Crippen molar-refractivity contribution in [1.82, 2.24) is 15.5 Å². The third kappa shape index (κ3) is 8.33. The van der Waals surface area contributed by atoms with Crippen LogP contribution in [-0.4, -0.2) is 63.1 Å². The summed E-state index contributed by atoms with van der Waals surface area (Å²) < 4.78 is 28.8. The van der Waals surface area contributed by atoms with Crippen LogP contribution in [0.15, 0.2) is 83.8 Å². The molecule has 3 N–H and O–H groups in total. The highest BCUT2D eigenvalue weighted by atomic mass is 32.2. The SMILES string of the molecule is O=C(CNC(=O)c1ccc(S(=O)(=O)Nc2ccccc2C(=O)c2ccccc2)cc1)NC1CCC(CCN2CCCC2)CC1. The fraction of sp³-hybridized carbons (Fsp3) is 0.382. The molecule has 0 spiro atoms. The lowest BCUT2D eigenvalue weighted by molar-refractivity contribution is -0.121. The van der Waals surface area contributed by atoms with Gasteiger partial charge in [-0.3, -0.25) is 19.1 Å². The molecular weight excluding hydrogens is 576 g/mol. The number of carbonyl (C=O) groups is 3. The molecule has 1 saturated heterocycles. The summed E-state index contributed by atoms with van der Waals surface area (Å²) in [7, 11) is -4.05. The number of likely N-dealkylation sites (tertiary alicyclic amines) is 1. The molecule has 10 heteroatoms. The van der Waals surface area contributed by atoms with E-state index in [0.717, 1.165) is 31.6 Å². The first-order chi connectivity index (χ1) is 21.3. The Balaban J connectivity index is 1.09. The van der Waals surface area contributed by atoms with Crippen molar-refractivity contribution in [3.63, 3.8) is 0 Å². The lowest BCUT2D eigenvalue weighted by Crippen LogP contribution is -2.43. The van der Waals surface area contributed by atoms with E-state index < -0.39 is 15.9 Å². The van der Waals surface area contributed by atoms with Crippen LogP contribution in [0.1, 0.15) is 71.2 Å². The zero-order valence-corrected chi connectivity index (χ0v) is 25.7. The molecule has 1 aliphatic carbocycles. The van der Waals surface area contributed by atoms with Gasteiger partial charge in [0, 0.05) is 22.7 Å². The van der Waals surface area contributed by atoms with E-state index in [-0.39, 0.29) is 46.0 Å². The van der Waals surface area contributed by atoms with Crippen molar-refractivity contribution in [1.29, 1.82) is 0 Å². The molecule has 3 aromatic carbocycles. The van der Waals surface area contributed by atoms with Gasteiger partial charge in [0.05, 0.1) is 17.1 Å². The predicted molar refractivity (Wildman–Crippen MR) is 170 cm³/mol. The Morgan fingerprint density at radius 1 is 0.773 bits per heavy atom. The number of ketones is 1. The Hall–Kier alpha value is -4.02. The normalized spacial score (nSPS) is 18.8. The van der Waals surface area contributed by atoms with Crippen LogP contribution in [0.2, 0.25) is 0 Å². The molecule has 9 nitrogen and oxygen atoms in total. The van der Waals surface area contributed by atoms with Crippen LogP contribution in [-0.2, 0) is 14.8 Å². The molecule has 1 saturated carbocycles. The number of anilines is 1. The molecule has 0 bridgehead atoms. The summed E-state index contributed by atoms with van der Waals surface area (Å²) in [4.78, 5) is 40.7. The number of rotatable bonds is 12. The molecule has 2 fully saturated rings. The van der Waals surface area contributed by atoms with Crippen molar-refractivity contribution >= 4 is 33.3 Å². The lowest BCUT2D eigenvalue weighted by Gasteiger charge is -2.30. The first-order valence-electron chi connectivity index (χ1n) is 15.4. The Labute approximate surface area is 259 Å². The van der Waals surface area contributed by atoms with Crippen molar-refractivity contribution in [3.8, 4) is 0 Å². The van der Waals surface area contributed by atoms with Crippen LogP contribution in [0.4, 0.5) is 5.69 Å². The summed E-state index contributed by atoms with van der Waals surface area (Å²) in [5, 5.41) is 5.67. The Morgan fingerprint density at radius 3 is 2.14 bits per heavy atom. The third-order valence-corrected chi connectivity index (χ3v) is 9.93. The largest absolute Gasteiger partial charge is 0.352 e. The van der Waals surface area contributed by atoms with Crippen molar-refractivity contribution < 1.29 is 22.8 Å². The smallest absolute Gasteiger partial charge is 0.261 e. The number of nitrogens with zero attached hydrogens (tertiary/aromatic N) is 1. The second kappa shape index (κ2) is 14.6. The quantitative estimate of drug-likeness (QED) is 0.256. The molecule has 1 aliphatic heterocycles. The molecule has 0 atom stereocenters. The van der Waals surface area contributed by atoms with E-state index in [1.54, 1.807) is 48.5 Å². The van der Waals surface area contributed by atoms with Crippen LogP contribution in [0.25, 0.3) is 0 Å². The summed E-state index contributed by atoms with van der Waals surface area (Å²) in [6, 6.07) is 20.6. The van der Waals surface area contributed by atoms with Gasteiger partial charge in [-0.15, -0.1) is 0 Å². The van der Waals surface area contributed by atoms with E-state index in [4.69, 9.17) is 0 Å². The minimum Gasteiger partial charge on any atom is -0.352 e. The minimum atomic E-state index is -4.05. The fourth-order valence-corrected chi connectivity index (χ4v) is 7.09. The van der Waals surface area contributed by atoms with Gasteiger partial charge in [-0.05, 0) is 107 Å². The molecule has 3 aromatic rings. The van der Waals surface area contributed by atoms with Crippen LogP contribution >= 0.6 is 0 Å². The average Bonchev–Trinajstić information content (AvgIpc) is 3.57. The van der Waals surface area contributed by atoms with E-state index in [2.05, 4.69) is 20.3 Å². The summed E-state index contributed by atoms with van der Waals surface area (Å²) in [6.07, 6.45) is 8.01. The van der Waals surface area contributed by atoms with Gasteiger partial charge in [-0.25, -0.2) is 8.42 Å². The van der Waals surface area contributed by atoms with E-state index in [1.807, 2.05) is 0 Å². The van der Waals surface area contributed by atoms with Crippen molar-refractivity contribution in [3.05, 3.63) is 95.6 Å². The molecule has 1 heterocycles. The van der Waals surface area contributed by atoms with E-state index in [9.17, 15) is 22.8 Å². The summed E-state index contributed by atoms with van der Waals surface area (Å²) >= 11 is 0. The maximum absolute atomic E-state index is 13.1. The van der Waals surface area contributed by atoms with Crippen LogP contribution in [0.5, 0.6) is 0 Å². The highest BCUT2D eigenvalue weighted by molar-refractivity contribution is 7.92. The number of hydrogen-bond donors (Lipinski definition) is 3. The molecular formula is C34H40N4O5S. The monoisotopic (exact) mass is 616 g/mol. The van der Waals surface area contributed by atoms with E-state index in [0.29, 0.717) is 5.56 Å². The second-order valence-electron chi connectivity index (χ2n) is 11.7. The number of nitrogens with one attached hydrogen (secondary N) is 3. The average molecular weight is 617 g/mol. The highest BCUT2D eigenvalue weighted by Crippen LogP contribution is 2.28. The van der Waals surface area contributed by atoms with Gasteiger partial charge < -0.3 is 15.5 Å². The predicted octanol–water partition coefficient (Wildman–Crippen LogP) is 4.61. The summed E-state index contributed by atoms with van der Waals surface area (Å²) in [5.41, 5.74) is 1.06. The number of sulfonamides is 1. The zero-order valence-electron chi connectivity index (χ0n) is 24.8. The lowest BCUT2D eigenvalue weighted by atomic mass is 9.84. The van der Waals surface area contributed by atoms with Crippen molar-refractivity contribution in [2.75, 3.05) is 30.9 Å². The Bertz CT molecular complexity index is 1550. The third-order valence-electron chi connectivity index (χ3n) is 8.55. The minimum absolute atomic E-state index is 0.0650. The van der Waals surface area contributed by atoms with E-state index >= 15 is 0 Å².